The molecule has 0 aliphatic carbocycles. The second-order valence-electron chi connectivity index (χ2n) is 6.83. The molecule has 3 heterocycles. The Bertz CT molecular complexity index is 775. The predicted molar refractivity (Wildman–Crippen MR) is 94.2 cm³/mol. The van der Waals surface area contributed by atoms with Crippen LogP contribution in [0.2, 0.25) is 0 Å². The lowest BCUT2D eigenvalue weighted by Crippen LogP contribution is -2.45. The van der Waals surface area contributed by atoms with Gasteiger partial charge in [0.05, 0.1) is 12.5 Å². The minimum absolute atomic E-state index is 0.0223. The second-order valence-corrected chi connectivity index (χ2v) is 6.83. The van der Waals surface area contributed by atoms with E-state index in [1.54, 1.807) is 4.90 Å². The normalized spacial score (nSPS) is 17.6. The molecule has 6 heteroatoms. The lowest BCUT2D eigenvalue weighted by molar-refractivity contribution is -0.126. The zero-order chi connectivity index (χ0) is 18.0. The molecule has 0 spiro atoms. The maximum Gasteiger partial charge on any atom is 0.270 e. The van der Waals surface area contributed by atoms with Gasteiger partial charge in [-0.3, -0.25) is 9.59 Å². The van der Waals surface area contributed by atoms with Crippen molar-refractivity contribution in [2.75, 3.05) is 13.1 Å². The number of carbonyl (C=O) groups is 2. The van der Waals surface area contributed by atoms with Crippen LogP contribution in [-0.2, 0) is 11.3 Å². The van der Waals surface area contributed by atoms with Crippen LogP contribution in [0.5, 0.6) is 0 Å². The van der Waals surface area contributed by atoms with Crippen molar-refractivity contribution in [3.8, 4) is 0 Å². The van der Waals surface area contributed by atoms with E-state index in [0.29, 0.717) is 25.3 Å². The van der Waals surface area contributed by atoms with Gasteiger partial charge in [0, 0.05) is 18.8 Å². The van der Waals surface area contributed by atoms with Crippen LogP contribution in [0.15, 0.2) is 22.6 Å². The number of hydrogen-bond donors (Lipinski definition) is 2. The molecule has 1 fully saturated rings. The lowest BCUT2D eigenvalue weighted by atomic mass is 9.96. The summed E-state index contributed by atoms with van der Waals surface area (Å²) in [4.78, 5) is 30.1. The smallest absolute Gasteiger partial charge is 0.270 e. The van der Waals surface area contributed by atoms with Gasteiger partial charge in [0.25, 0.3) is 5.91 Å². The second kappa shape index (κ2) is 7.17. The molecule has 25 heavy (non-hydrogen) atoms. The lowest BCUT2D eigenvalue weighted by Gasteiger charge is -2.32. The summed E-state index contributed by atoms with van der Waals surface area (Å²) in [6.45, 7) is 7.27. The van der Waals surface area contributed by atoms with Gasteiger partial charge in [-0.15, -0.1) is 0 Å². The summed E-state index contributed by atoms with van der Waals surface area (Å²) < 4.78 is 5.47. The van der Waals surface area contributed by atoms with E-state index in [0.717, 1.165) is 35.6 Å². The van der Waals surface area contributed by atoms with Crippen LogP contribution in [-0.4, -0.2) is 34.8 Å². The van der Waals surface area contributed by atoms with Crippen LogP contribution in [0.4, 0.5) is 0 Å². The Kier molecular flexibility index (Phi) is 4.97. The maximum absolute atomic E-state index is 12.7. The van der Waals surface area contributed by atoms with Gasteiger partial charge >= 0.3 is 0 Å². The molecular formula is C19H25N3O3. The van der Waals surface area contributed by atoms with Gasteiger partial charge in [0.1, 0.15) is 17.2 Å². The fraction of sp³-hybridized carbons (Fsp3) is 0.474. The van der Waals surface area contributed by atoms with Crippen LogP contribution in [0, 0.1) is 26.7 Å². The van der Waals surface area contributed by atoms with Crippen molar-refractivity contribution in [1.82, 2.24) is 15.2 Å². The number of rotatable bonds is 4. The average molecular weight is 343 g/mol. The molecule has 1 atom stereocenters. The number of aryl methyl sites for hydroxylation is 3. The zero-order valence-corrected chi connectivity index (χ0v) is 15.0. The van der Waals surface area contributed by atoms with E-state index >= 15 is 0 Å². The van der Waals surface area contributed by atoms with Gasteiger partial charge in [-0.05, 0) is 57.4 Å². The number of likely N-dealkylation sites (tertiary alicyclic amines) is 1. The fourth-order valence-electron chi connectivity index (χ4n) is 3.38. The van der Waals surface area contributed by atoms with Crippen LogP contribution in [0.25, 0.3) is 0 Å². The molecule has 1 aliphatic rings. The summed E-state index contributed by atoms with van der Waals surface area (Å²) in [5, 5.41) is 2.92. The number of aromatic nitrogens is 1. The third-order valence-electron chi connectivity index (χ3n) is 4.68. The third-order valence-corrected chi connectivity index (χ3v) is 4.68. The van der Waals surface area contributed by atoms with E-state index in [1.807, 2.05) is 39.0 Å². The quantitative estimate of drug-likeness (QED) is 0.896. The number of aromatic amines is 1. The monoisotopic (exact) mass is 343 g/mol. The van der Waals surface area contributed by atoms with Crippen molar-refractivity contribution < 1.29 is 14.0 Å². The van der Waals surface area contributed by atoms with Crippen LogP contribution in [0.3, 0.4) is 0 Å². The van der Waals surface area contributed by atoms with E-state index in [9.17, 15) is 9.59 Å². The van der Waals surface area contributed by atoms with Crippen molar-refractivity contribution in [3.05, 3.63) is 46.7 Å². The van der Waals surface area contributed by atoms with Crippen LogP contribution in [0.1, 0.15) is 46.1 Å². The Balaban J connectivity index is 1.59. The molecular weight excluding hydrogens is 318 g/mol. The molecule has 2 amide bonds. The molecule has 3 rings (SSSR count). The van der Waals surface area contributed by atoms with Crippen LogP contribution >= 0.6 is 0 Å². The van der Waals surface area contributed by atoms with Crippen molar-refractivity contribution in [3.63, 3.8) is 0 Å². The van der Waals surface area contributed by atoms with Gasteiger partial charge in [-0.25, -0.2) is 0 Å². The molecule has 134 valence electrons. The number of amides is 2. The molecule has 2 aromatic rings. The topological polar surface area (TPSA) is 78.3 Å². The summed E-state index contributed by atoms with van der Waals surface area (Å²) in [5.41, 5.74) is 2.55. The Morgan fingerprint density at radius 1 is 1.32 bits per heavy atom. The van der Waals surface area contributed by atoms with Crippen LogP contribution < -0.4 is 5.32 Å². The van der Waals surface area contributed by atoms with Crippen molar-refractivity contribution in [2.45, 2.75) is 40.2 Å². The number of hydrogen-bond acceptors (Lipinski definition) is 3. The van der Waals surface area contributed by atoms with Gasteiger partial charge < -0.3 is 19.6 Å². The van der Waals surface area contributed by atoms with Crippen molar-refractivity contribution >= 4 is 11.8 Å². The highest BCUT2D eigenvalue weighted by Crippen LogP contribution is 2.20. The zero-order valence-electron chi connectivity index (χ0n) is 15.0. The van der Waals surface area contributed by atoms with Crippen molar-refractivity contribution in [1.29, 1.82) is 0 Å². The molecule has 2 aromatic heterocycles. The Morgan fingerprint density at radius 2 is 2.12 bits per heavy atom. The number of H-pyrrole nitrogens is 1. The Labute approximate surface area is 147 Å². The summed E-state index contributed by atoms with van der Waals surface area (Å²) in [6, 6.07) is 5.71. The largest absolute Gasteiger partial charge is 0.465 e. The van der Waals surface area contributed by atoms with Gasteiger partial charge in [0.15, 0.2) is 0 Å². The third kappa shape index (κ3) is 3.95. The summed E-state index contributed by atoms with van der Waals surface area (Å²) in [7, 11) is 0. The highest BCUT2D eigenvalue weighted by atomic mass is 16.3. The molecule has 0 aromatic carbocycles. The first kappa shape index (κ1) is 17.3. The summed E-state index contributed by atoms with van der Waals surface area (Å²) >= 11 is 0. The highest BCUT2D eigenvalue weighted by Gasteiger charge is 2.30. The maximum atomic E-state index is 12.7. The SMILES string of the molecule is Cc1cc(C)c(C(=O)N2CCC[C@H](C(=O)NCc3ccc(C)o3)C2)[nH]1. The van der Waals surface area contributed by atoms with Crippen molar-refractivity contribution in [2.24, 2.45) is 5.92 Å². The van der Waals surface area contributed by atoms with E-state index in [1.165, 1.54) is 0 Å². The molecule has 2 N–H and O–H groups in total. The average Bonchev–Trinajstić information content (AvgIpc) is 3.16. The molecule has 0 bridgehead atoms. The van der Waals surface area contributed by atoms with E-state index < -0.39 is 0 Å². The van der Waals surface area contributed by atoms with Gasteiger partial charge in [-0.2, -0.15) is 0 Å². The van der Waals surface area contributed by atoms with E-state index in [4.69, 9.17) is 4.42 Å². The number of piperidine rings is 1. The summed E-state index contributed by atoms with van der Waals surface area (Å²) in [6.07, 6.45) is 1.64. The first-order valence-electron chi connectivity index (χ1n) is 8.72. The highest BCUT2D eigenvalue weighted by molar-refractivity contribution is 5.94. The first-order chi connectivity index (χ1) is 11.9. The number of nitrogens with one attached hydrogen (secondary N) is 2. The minimum atomic E-state index is -0.176. The first-order valence-corrected chi connectivity index (χ1v) is 8.72. The number of furan rings is 1. The number of carbonyl (C=O) groups excluding carboxylic acids is 2. The van der Waals surface area contributed by atoms with E-state index in [2.05, 4.69) is 10.3 Å². The standard InChI is InChI=1S/C19H25N3O3/c1-12-9-13(2)21-17(12)19(24)22-8-4-5-15(11-22)18(23)20-10-16-7-6-14(3)25-16/h6-7,9,15,21H,4-5,8,10-11H2,1-3H3,(H,20,23)/t15-/m0/s1. The molecule has 1 saturated heterocycles. The van der Waals surface area contributed by atoms with Gasteiger partial charge in [0.2, 0.25) is 5.91 Å². The van der Waals surface area contributed by atoms with Gasteiger partial charge in [-0.1, -0.05) is 0 Å². The molecule has 6 nitrogen and oxygen atoms in total. The summed E-state index contributed by atoms with van der Waals surface area (Å²) in [5.74, 6) is 1.35. The molecule has 0 saturated carbocycles. The minimum Gasteiger partial charge on any atom is -0.465 e. The molecule has 0 radical (unpaired) electrons. The Morgan fingerprint density at radius 3 is 2.76 bits per heavy atom. The molecule has 1 aliphatic heterocycles. The number of nitrogens with zero attached hydrogens (tertiary/aromatic N) is 1. The predicted octanol–water partition coefficient (Wildman–Crippen LogP) is 2.70. The Hall–Kier alpha value is -2.50. The van der Waals surface area contributed by atoms with E-state index in [-0.39, 0.29) is 17.7 Å². The fourth-order valence-corrected chi connectivity index (χ4v) is 3.38. The molecule has 0 unspecified atom stereocenters.